The minimum absolute atomic E-state index is 0.0582. The molecule has 0 amide bonds. The maximum absolute atomic E-state index is 2.35. The first-order valence-electron chi connectivity index (χ1n) is 7.20. The maximum Gasteiger partial charge on any atom is 0.0450 e. The zero-order chi connectivity index (χ0) is 14.3. The molecule has 1 aliphatic rings. The first-order valence-corrected chi connectivity index (χ1v) is 8.15. The molecule has 0 saturated heterocycles. The van der Waals surface area contributed by atoms with E-state index in [4.69, 9.17) is 0 Å². The molecule has 3 aromatic rings. The van der Waals surface area contributed by atoms with Crippen LogP contribution in [0.1, 0.15) is 23.6 Å². The molecule has 0 aliphatic heterocycles. The Bertz CT molecular complexity index is 731. The van der Waals surface area contributed by atoms with Gasteiger partial charge in [-0.2, -0.15) is 11.3 Å². The Morgan fingerprint density at radius 3 is 1.67 bits per heavy atom. The summed E-state index contributed by atoms with van der Waals surface area (Å²) in [6.07, 6.45) is 0. The van der Waals surface area contributed by atoms with Gasteiger partial charge in [-0.25, -0.2) is 0 Å². The molecule has 21 heavy (non-hydrogen) atoms. The highest BCUT2D eigenvalue weighted by atomic mass is 32.1. The molecule has 2 aromatic carbocycles. The van der Waals surface area contributed by atoms with E-state index < -0.39 is 0 Å². The van der Waals surface area contributed by atoms with E-state index in [-0.39, 0.29) is 5.41 Å². The fourth-order valence-electron chi connectivity index (χ4n) is 3.29. The Morgan fingerprint density at radius 1 is 0.714 bits per heavy atom. The molecule has 0 saturated carbocycles. The molecule has 0 atom stereocenters. The van der Waals surface area contributed by atoms with Crippen LogP contribution >= 0.6 is 11.3 Å². The minimum Gasteiger partial charge on any atom is -0.152 e. The van der Waals surface area contributed by atoms with Gasteiger partial charge in [0.25, 0.3) is 0 Å². The largest absolute Gasteiger partial charge is 0.152 e. The van der Waals surface area contributed by atoms with Crippen LogP contribution in [-0.4, -0.2) is 0 Å². The molecule has 0 radical (unpaired) electrons. The van der Waals surface area contributed by atoms with Gasteiger partial charge in [-0.3, -0.25) is 0 Å². The topological polar surface area (TPSA) is 0 Å². The van der Waals surface area contributed by atoms with E-state index in [2.05, 4.69) is 84.4 Å². The molecule has 0 N–H and O–H groups in total. The van der Waals surface area contributed by atoms with Gasteiger partial charge in [0.1, 0.15) is 0 Å². The third kappa shape index (κ3) is 1.89. The number of allylic oxidation sites excluding steroid dienone is 2. The van der Waals surface area contributed by atoms with Gasteiger partial charge in [-0.15, -0.1) is 0 Å². The minimum atomic E-state index is 0.0582. The van der Waals surface area contributed by atoms with E-state index in [1.165, 1.54) is 27.8 Å². The Morgan fingerprint density at radius 2 is 1.24 bits per heavy atom. The van der Waals surface area contributed by atoms with Gasteiger partial charge in [-0.1, -0.05) is 60.7 Å². The van der Waals surface area contributed by atoms with Crippen LogP contribution < -0.4 is 0 Å². The van der Waals surface area contributed by atoms with Gasteiger partial charge >= 0.3 is 0 Å². The molecule has 1 heteroatoms. The van der Waals surface area contributed by atoms with E-state index in [0.29, 0.717) is 0 Å². The summed E-state index contributed by atoms with van der Waals surface area (Å²) in [7, 11) is 0. The van der Waals surface area contributed by atoms with Gasteiger partial charge in [0.15, 0.2) is 0 Å². The van der Waals surface area contributed by atoms with Gasteiger partial charge in [0.2, 0.25) is 0 Å². The highest BCUT2D eigenvalue weighted by molar-refractivity contribution is 7.08. The summed E-state index contributed by atoms with van der Waals surface area (Å²) in [4.78, 5) is 0. The summed E-state index contributed by atoms with van der Waals surface area (Å²) in [6.45, 7) is 2.35. The smallest absolute Gasteiger partial charge is 0.0450 e. The lowest BCUT2D eigenvalue weighted by Gasteiger charge is -2.13. The lowest BCUT2D eigenvalue weighted by Crippen LogP contribution is -2.06. The number of benzene rings is 2. The Balaban J connectivity index is 1.88. The normalized spacial score (nSPS) is 16.0. The molecular formula is C20H16S. The third-order valence-corrected chi connectivity index (χ3v) is 5.09. The van der Waals surface area contributed by atoms with Crippen LogP contribution in [0.15, 0.2) is 77.5 Å². The molecule has 4 rings (SSSR count). The van der Waals surface area contributed by atoms with Gasteiger partial charge in [0.05, 0.1) is 0 Å². The fraction of sp³-hybridized carbons (Fsp3) is 0.100. The van der Waals surface area contributed by atoms with Crippen molar-refractivity contribution >= 4 is 22.5 Å². The highest BCUT2D eigenvalue weighted by Gasteiger charge is 2.51. The van der Waals surface area contributed by atoms with Crippen molar-refractivity contribution < 1.29 is 0 Å². The SMILES string of the molecule is CC1(c2ccsc2)C(c2ccccc2)=C1c1ccccc1. The van der Waals surface area contributed by atoms with Gasteiger partial charge in [-0.05, 0) is 51.6 Å². The van der Waals surface area contributed by atoms with E-state index >= 15 is 0 Å². The van der Waals surface area contributed by atoms with Crippen LogP contribution in [-0.2, 0) is 5.41 Å². The molecule has 0 unspecified atom stereocenters. The lowest BCUT2D eigenvalue weighted by atomic mass is 9.89. The van der Waals surface area contributed by atoms with Crippen molar-refractivity contribution in [2.24, 2.45) is 0 Å². The van der Waals surface area contributed by atoms with Gasteiger partial charge in [0, 0.05) is 5.41 Å². The first kappa shape index (κ1) is 12.6. The van der Waals surface area contributed by atoms with Crippen LogP contribution in [0.3, 0.4) is 0 Å². The van der Waals surface area contributed by atoms with Crippen molar-refractivity contribution in [2.45, 2.75) is 12.3 Å². The van der Waals surface area contributed by atoms with Gasteiger partial charge < -0.3 is 0 Å². The van der Waals surface area contributed by atoms with Crippen molar-refractivity contribution in [3.05, 3.63) is 94.2 Å². The second kappa shape index (κ2) is 4.71. The molecular weight excluding hydrogens is 272 g/mol. The molecule has 0 spiro atoms. The number of hydrogen-bond acceptors (Lipinski definition) is 1. The summed E-state index contributed by atoms with van der Waals surface area (Å²) >= 11 is 1.77. The zero-order valence-electron chi connectivity index (χ0n) is 11.9. The standard InChI is InChI=1S/C20H16S/c1-20(17-12-13-21-14-17)18(15-8-4-2-5-9-15)19(20)16-10-6-3-7-11-16/h2-14H,1H3. The molecule has 0 bridgehead atoms. The molecule has 0 nitrogen and oxygen atoms in total. The first-order chi connectivity index (χ1) is 10.3. The van der Waals surface area contributed by atoms with Crippen molar-refractivity contribution in [1.29, 1.82) is 0 Å². The highest BCUT2D eigenvalue weighted by Crippen LogP contribution is 2.64. The summed E-state index contributed by atoms with van der Waals surface area (Å²) in [5.41, 5.74) is 7.07. The van der Waals surface area contributed by atoms with Crippen molar-refractivity contribution in [1.82, 2.24) is 0 Å². The van der Waals surface area contributed by atoms with Crippen molar-refractivity contribution in [3.63, 3.8) is 0 Å². The van der Waals surface area contributed by atoms with E-state index in [0.717, 1.165) is 0 Å². The van der Waals surface area contributed by atoms with Crippen LogP contribution in [0, 0.1) is 0 Å². The van der Waals surface area contributed by atoms with Crippen molar-refractivity contribution in [2.75, 3.05) is 0 Å². The van der Waals surface area contributed by atoms with Crippen LogP contribution in [0.25, 0.3) is 11.1 Å². The summed E-state index contributed by atoms with van der Waals surface area (Å²) in [6, 6.07) is 23.8. The Kier molecular flexibility index (Phi) is 2.83. The number of hydrogen-bond donors (Lipinski definition) is 0. The number of rotatable bonds is 3. The molecule has 0 fully saturated rings. The predicted molar refractivity (Wildman–Crippen MR) is 91.4 cm³/mol. The zero-order valence-corrected chi connectivity index (χ0v) is 12.7. The fourth-order valence-corrected chi connectivity index (χ4v) is 4.05. The van der Waals surface area contributed by atoms with E-state index in [1.54, 1.807) is 11.3 Å². The monoisotopic (exact) mass is 288 g/mol. The molecule has 1 aromatic heterocycles. The van der Waals surface area contributed by atoms with E-state index in [9.17, 15) is 0 Å². The average molecular weight is 288 g/mol. The molecule has 1 aliphatic carbocycles. The van der Waals surface area contributed by atoms with Crippen LogP contribution in [0.4, 0.5) is 0 Å². The Hall–Kier alpha value is -2.12. The quantitative estimate of drug-likeness (QED) is 0.586. The summed E-state index contributed by atoms with van der Waals surface area (Å²) in [5.74, 6) is 0. The average Bonchev–Trinajstić information content (AvgIpc) is 2.91. The second-order valence-corrected chi connectivity index (χ2v) is 6.40. The summed E-state index contributed by atoms with van der Waals surface area (Å²) < 4.78 is 0. The van der Waals surface area contributed by atoms with Crippen LogP contribution in [0.2, 0.25) is 0 Å². The van der Waals surface area contributed by atoms with Crippen molar-refractivity contribution in [3.8, 4) is 0 Å². The maximum atomic E-state index is 2.35. The lowest BCUT2D eigenvalue weighted by molar-refractivity contribution is 0.903. The molecule has 102 valence electrons. The number of thiophene rings is 1. The Labute approximate surface area is 129 Å². The summed E-state index contributed by atoms with van der Waals surface area (Å²) in [5, 5.41) is 4.45. The molecule has 1 heterocycles. The third-order valence-electron chi connectivity index (χ3n) is 4.41. The second-order valence-electron chi connectivity index (χ2n) is 5.62. The van der Waals surface area contributed by atoms with Crippen LogP contribution in [0.5, 0.6) is 0 Å². The van der Waals surface area contributed by atoms with E-state index in [1.807, 2.05) is 0 Å². The predicted octanol–water partition coefficient (Wildman–Crippen LogP) is 5.63.